The highest BCUT2D eigenvalue weighted by atomic mass is 16.5. The smallest absolute Gasteiger partial charge is 0.185 e. The van der Waals surface area contributed by atoms with E-state index in [-0.39, 0.29) is 18.1 Å². The molecule has 0 saturated carbocycles. The van der Waals surface area contributed by atoms with Gasteiger partial charge in [-0.15, -0.1) is 0 Å². The zero-order valence-corrected chi connectivity index (χ0v) is 17.1. The van der Waals surface area contributed by atoms with Crippen molar-refractivity contribution in [1.29, 1.82) is 0 Å². The summed E-state index contributed by atoms with van der Waals surface area (Å²) in [5.74, 6) is 1.46. The van der Waals surface area contributed by atoms with E-state index in [2.05, 4.69) is 16.2 Å². The predicted molar refractivity (Wildman–Crippen MR) is 110 cm³/mol. The standard InChI is InChI=1S/C22H26N4O3/c1-14(2)22-23-7-4-18(24-22)20(27)11-15-10-16-13-26(17-5-8-29-9-6-17)25-19(16)12-21(15)28-3/h4,7,10,12-14,17H,5-6,8-9,11H2,1-3H3. The van der Waals surface area contributed by atoms with Crippen LogP contribution >= 0.6 is 0 Å². The first-order valence-corrected chi connectivity index (χ1v) is 10.0. The summed E-state index contributed by atoms with van der Waals surface area (Å²) in [5, 5.41) is 5.74. The number of carbonyl (C=O) groups is 1. The molecule has 0 amide bonds. The van der Waals surface area contributed by atoms with Gasteiger partial charge in [-0.2, -0.15) is 5.10 Å². The number of benzene rings is 1. The normalized spacial score (nSPS) is 15.2. The SMILES string of the molecule is COc1cc2nn(C3CCOCC3)cc2cc1CC(=O)c1ccnc(C(C)C)n1. The predicted octanol–water partition coefficient (Wildman–Crippen LogP) is 3.74. The van der Waals surface area contributed by atoms with Crippen LogP contribution in [0.3, 0.4) is 0 Å². The van der Waals surface area contributed by atoms with Gasteiger partial charge in [-0.3, -0.25) is 9.48 Å². The highest BCUT2D eigenvalue weighted by Crippen LogP contribution is 2.29. The average molecular weight is 394 g/mol. The van der Waals surface area contributed by atoms with Crippen LogP contribution in [0.1, 0.15) is 60.5 Å². The van der Waals surface area contributed by atoms with Gasteiger partial charge in [0.2, 0.25) is 0 Å². The van der Waals surface area contributed by atoms with Gasteiger partial charge in [-0.1, -0.05) is 13.8 Å². The van der Waals surface area contributed by atoms with E-state index in [0.717, 1.165) is 42.5 Å². The molecule has 4 rings (SSSR count). The zero-order chi connectivity index (χ0) is 20.4. The molecule has 0 atom stereocenters. The highest BCUT2D eigenvalue weighted by molar-refractivity contribution is 5.96. The molecule has 0 radical (unpaired) electrons. The van der Waals surface area contributed by atoms with Crippen molar-refractivity contribution in [2.75, 3.05) is 20.3 Å². The first kappa shape index (κ1) is 19.5. The van der Waals surface area contributed by atoms with Crippen LogP contribution in [0.5, 0.6) is 5.75 Å². The van der Waals surface area contributed by atoms with Crippen LogP contribution in [-0.2, 0) is 11.2 Å². The number of hydrogen-bond donors (Lipinski definition) is 0. The van der Waals surface area contributed by atoms with Crippen molar-refractivity contribution in [3.8, 4) is 5.75 Å². The van der Waals surface area contributed by atoms with Gasteiger partial charge in [0, 0.05) is 55.0 Å². The van der Waals surface area contributed by atoms with Crippen molar-refractivity contribution < 1.29 is 14.3 Å². The molecule has 3 aromatic rings. The Balaban J connectivity index is 1.62. The average Bonchev–Trinajstić information content (AvgIpc) is 3.16. The molecule has 0 spiro atoms. The number of nitrogens with zero attached hydrogens (tertiary/aromatic N) is 4. The van der Waals surface area contributed by atoms with E-state index in [1.54, 1.807) is 19.4 Å². The fourth-order valence-electron chi connectivity index (χ4n) is 3.65. The summed E-state index contributed by atoms with van der Waals surface area (Å²) >= 11 is 0. The van der Waals surface area contributed by atoms with Crippen molar-refractivity contribution in [1.82, 2.24) is 19.7 Å². The molecule has 152 valence electrons. The largest absolute Gasteiger partial charge is 0.496 e. The molecular formula is C22H26N4O3. The van der Waals surface area contributed by atoms with E-state index in [1.807, 2.05) is 30.7 Å². The van der Waals surface area contributed by atoms with E-state index in [4.69, 9.17) is 14.6 Å². The van der Waals surface area contributed by atoms with Gasteiger partial charge in [0.15, 0.2) is 5.78 Å². The minimum Gasteiger partial charge on any atom is -0.496 e. The number of Topliss-reactive ketones (excluding diaryl/α,β-unsaturated/α-hetero) is 1. The summed E-state index contributed by atoms with van der Waals surface area (Å²) in [6, 6.07) is 5.93. The fourth-order valence-corrected chi connectivity index (χ4v) is 3.65. The maximum atomic E-state index is 12.9. The molecule has 1 fully saturated rings. The summed E-state index contributed by atoms with van der Waals surface area (Å²) in [6.07, 6.45) is 5.84. The Hall–Kier alpha value is -2.80. The Morgan fingerprint density at radius 3 is 2.83 bits per heavy atom. The maximum Gasteiger partial charge on any atom is 0.185 e. The minimum atomic E-state index is -0.0521. The summed E-state index contributed by atoms with van der Waals surface area (Å²) in [5.41, 5.74) is 2.14. The van der Waals surface area contributed by atoms with Crippen LogP contribution in [0.15, 0.2) is 30.6 Å². The van der Waals surface area contributed by atoms with Gasteiger partial charge in [0.1, 0.15) is 17.3 Å². The van der Waals surface area contributed by atoms with Crippen molar-refractivity contribution >= 4 is 16.7 Å². The topological polar surface area (TPSA) is 79.1 Å². The lowest BCUT2D eigenvalue weighted by Crippen LogP contribution is -2.19. The lowest BCUT2D eigenvalue weighted by Gasteiger charge is -2.22. The number of fused-ring (bicyclic) bond motifs is 1. The second-order valence-corrected chi connectivity index (χ2v) is 7.73. The molecule has 0 unspecified atom stereocenters. The van der Waals surface area contributed by atoms with Gasteiger partial charge in [0.05, 0.1) is 18.7 Å². The molecule has 0 aliphatic carbocycles. The van der Waals surface area contributed by atoms with Gasteiger partial charge in [-0.05, 0) is 25.0 Å². The number of hydrogen-bond acceptors (Lipinski definition) is 6. The van der Waals surface area contributed by atoms with E-state index >= 15 is 0 Å². The van der Waals surface area contributed by atoms with E-state index < -0.39 is 0 Å². The second kappa shape index (κ2) is 8.29. The number of aromatic nitrogens is 4. The van der Waals surface area contributed by atoms with Crippen LogP contribution in [0, 0.1) is 0 Å². The fraction of sp³-hybridized carbons (Fsp3) is 0.455. The third kappa shape index (κ3) is 4.15. The van der Waals surface area contributed by atoms with Gasteiger partial charge in [0.25, 0.3) is 0 Å². The molecule has 1 saturated heterocycles. The number of ether oxygens (including phenoxy) is 2. The molecule has 7 heteroatoms. The first-order valence-electron chi connectivity index (χ1n) is 10.0. The lowest BCUT2D eigenvalue weighted by molar-refractivity contribution is 0.0664. The molecule has 1 aromatic carbocycles. The van der Waals surface area contributed by atoms with Gasteiger partial charge in [-0.25, -0.2) is 9.97 Å². The number of methoxy groups -OCH3 is 1. The van der Waals surface area contributed by atoms with Crippen molar-refractivity contribution in [2.24, 2.45) is 0 Å². The molecule has 1 aliphatic rings. The van der Waals surface area contributed by atoms with Crippen LogP contribution in [0.4, 0.5) is 0 Å². The molecule has 3 heterocycles. The quantitative estimate of drug-likeness (QED) is 0.593. The Kier molecular flexibility index (Phi) is 5.58. The first-order chi connectivity index (χ1) is 14.0. The number of rotatable bonds is 6. The van der Waals surface area contributed by atoms with Crippen molar-refractivity contribution in [2.45, 2.75) is 45.1 Å². The summed E-state index contributed by atoms with van der Waals surface area (Å²) < 4.78 is 13.0. The Morgan fingerprint density at radius 2 is 2.10 bits per heavy atom. The third-order valence-corrected chi connectivity index (χ3v) is 5.32. The molecule has 29 heavy (non-hydrogen) atoms. The summed E-state index contributed by atoms with van der Waals surface area (Å²) in [6.45, 7) is 5.55. The van der Waals surface area contributed by atoms with Crippen molar-refractivity contribution in [3.63, 3.8) is 0 Å². The van der Waals surface area contributed by atoms with Crippen LogP contribution in [-0.4, -0.2) is 45.9 Å². The molecular weight excluding hydrogens is 368 g/mol. The van der Waals surface area contributed by atoms with Gasteiger partial charge >= 0.3 is 0 Å². The number of carbonyl (C=O) groups excluding carboxylic acids is 1. The third-order valence-electron chi connectivity index (χ3n) is 5.32. The van der Waals surface area contributed by atoms with E-state index in [0.29, 0.717) is 23.3 Å². The summed E-state index contributed by atoms with van der Waals surface area (Å²) in [4.78, 5) is 21.5. The van der Waals surface area contributed by atoms with E-state index in [9.17, 15) is 4.79 Å². The second-order valence-electron chi connectivity index (χ2n) is 7.73. The molecule has 7 nitrogen and oxygen atoms in total. The molecule has 2 aromatic heterocycles. The van der Waals surface area contributed by atoms with Crippen molar-refractivity contribution in [3.05, 3.63) is 47.7 Å². The molecule has 1 aliphatic heterocycles. The number of ketones is 1. The van der Waals surface area contributed by atoms with Gasteiger partial charge < -0.3 is 9.47 Å². The Bertz CT molecular complexity index is 1020. The van der Waals surface area contributed by atoms with E-state index in [1.165, 1.54) is 0 Å². The lowest BCUT2D eigenvalue weighted by atomic mass is 10.0. The minimum absolute atomic E-state index is 0.0521. The van der Waals surface area contributed by atoms with Crippen LogP contribution < -0.4 is 4.74 Å². The van der Waals surface area contributed by atoms with Crippen LogP contribution in [0.25, 0.3) is 10.9 Å². The molecule has 0 N–H and O–H groups in total. The monoisotopic (exact) mass is 394 g/mol. The Labute approximate surface area is 170 Å². The summed E-state index contributed by atoms with van der Waals surface area (Å²) in [7, 11) is 1.62. The zero-order valence-electron chi connectivity index (χ0n) is 17.1. The maximum absolute atomic E-state index is 12.9. The van der Waals surface area contributed by atoms with Crippen LogP contribution in [0.2, 0.25) is 0 Å². The molecule has 0 bridgehead atoms. The Morgan fingerprint density at radius 1 is 1.31 bits per heavy atom. The highest BCUT2D eigenvalue weighted by Gasteiger charge is 2.19.